The Hall–Kier alpha value is -1.08. The summed E-state index contributed by atoms with van der Waals surface area (Å²) in [4.78, 5) is 17.4. The summed E-state index contributed by atoms with van der Waals surface area (Å²) in [5, 5.41) is 8.15. The number of amides is 1. The minimum absolute atomic E-state index is 0. The topological polar surface area (TPSA) is 54.0 Å². The van der Waals surface area contributed by atoms with Crippen molar-refractivity contribution in [2.24, 2.45) is 5.92 Å². The molecule has 1 aromatic carbocycles. The van der Waals surface area contributed by atoms with Crippen molar-refractivity contribution in [2.75, 3.05) is 18.4 Å². The number of nitrogens with zero attached hydrogens (tertiary/aromatic N) is 1. The highest BCUT2D eigenvalue weighted by molar-refractivity contribution is 8.01. The summed E-state index contributed by atoms with van der Waals surface area (Å²) in [5.41, 5.74) is 1.88. The third-order valence-electron chi connectivity index (χ3n) is 3.36. The fourth-order valence-corrected chi connectivity index (χ4v) is 3.81. The molecular weight excluding hydrogens is 350 g/mol. The fraction of sp³-hybridized carbons (Fsp3) is 0.375. The molecule has 1 amide bonds. The predicted octanol–water partition coefficient (Wildman–Crippen LogP) is 3.96. The van der Waals surface area contributed by atoms with Crippen LogP contribution in [-0.4, -0.2) is 24.0 Å². The van der Waals surface area contributed by atoms with Crippen LogP contribution < -0.4 is 10.6 Å². The number of aryl methyl sites for hydroxylation is 1. The largest absolute Gasteiger partial charge is 0.325 e. The van der Waals surface area contributed by atoms with E-state index in [1.807, 2.05) is 36.6 Å². The number of halogens is 1. The van der Waals surface area contributed by atoms with E-state index in [4.69, 9.17) is 0 Å². The van der Waals surface area contributed by atoms with E-state index in [1.165, 1.54) is 12.8 Å². The number of hydrogen-bond acceptors (Lipinski definition) is 5. The summed E-state index contributed by atoms with van der Waals surface area (Å²) in [6, 6.07) is 7.88. The number of hydrogen-bond donors (Lipinski definition) is 2. The van der Waals surface area contributed by atoms with E-state index in [-0.39, 0.29) is 18.3 Å². The number of carbonyl (C=O) groups is 1. The van der Waals surface area contributed by atoms with Gasteiger partial charge in [0.15, 0.2) is 4.34 Å². The van der Waals surface area contributed by atoms with Crippen LogP contribution in [0.25, 0.3) is 0 Å². The summed E-state index contributed by atoms with van der Waals surface area (Å²) < 4.78 is 1.04. The Morgan fingerprint density at radius 1 is 1.35 bits per heavy atom. The van der Waals surface area contributed by atoms with Crippen molar-refractivity contribution in [3.8, 4) is 0 Å². The second-order valence-corrected chi connectivity index (χ2v) is 7.68. The maximum Gasteiger partial charge on any atom is 0.238 e. The first-order valence-electron chi connectivity index (χ1n) is 7.39. The number of rotatable bonds is 7. The van der Waals surface area contributed by atoms with Crippen LogP contribution >= 0.6 is 35.5 Å². The molecule has 0 aliphatic heterocycles. The maximum atomic E-state index is 11.8. The van der Waals surface area contributed by atoms with Gasteiger partial charge in [0.1, 0.15) is 0 Å². The SMILES string of the molecule is Cc1csc(Sc2ccc(NC(=O)CNCC3CC3)cc2)n1.Cl. The highest BCUT2D eigenvalue weighted by Crippen LogP contribution is 2.30. The van der Waals surface area contributed by atoms with Gasteiger partial charge in [0.25, 0.3) is 0 Å². The molecule has 1 fully saturated rings. The zero-order valence-corrected chi connectivity index (χ0v) is 15.3. The standard InChI is InChI=1S/C16H19N3OS2.ClH/c1-11-10-21-16(18-11)22-14-6-4-13(5-7-14)19-15(20)9-17-8-12-2-3-12;/h4-7,10,12,17H,2-3,8-9H2,1H3,(H,19,20);1H. The van der Waals surface area contributed by atoms with Gasteiger partial charge in [-0.15, -0.1) is 23.7 Å². The second-order valence-electron chi connectivity index (χ2n) is 5.50. The number of nitrogens with one attached hydrogen (secondary N) is 2. The van der Waals surface area contributed by atoms with Crippen LogP contribution in [0.4, 0.5) is 5.69 Å². The summed E-state index contributed by atoms with van der Waals surface area (Å²) in [5.74, 6) is 0.801. The van der Waals surface area contributed by atoms with Gasteiger partial charge < -0.3 is 10.6 Å². The summed E-state index contributed by atoms with van der Waals surface area (Å²) in [7, 11) is 0. The smallest absolute Gasteiger partial charge is 0.238 e. The molecule has 2 aromatic rings. The first-order chi connectivity index (χ1) is 10.7. The number of aromatic nitrogens is 1. The van der Waals surface area contributed by atoms with Crippen LogP contribution in [-0.2, 0) is 4.79 Å². The van der Waals surface area contributed by atoms with Crippen molar-refractivity contribution in [3.63, 3.8) is 0 Å². The van der Waals surface area contributed by atoms with E-state index < -0.39 is 0 Å². The zero-order valence-electron chi connectivity index (χ0n) is 12.9. The van der Waals surface area contributed by atoms with Gasteiger partial charge in [-0.1, -0.05) is 11.8 Å². The van der Waals surface area contributed by atoms with Gasteiger partial charge in [0.05, 0.1) is 6.54 Å². The molecule has 0 unspecified atom stereocenters. The molecule has 23 heavy (non-hydrogen) atoms. The Labute approximate surface area is 150 Å². The lowest BCUT2D eigenvalue weighted by molar-refractivity contribution is -0.115. The second kappa shape index (κ2) is 8.68. The van der Waals surface area contributed by atoms with Crippen LogP contribution in [0.3, 0.4) is 0 Å². The first kappa shape index (κ1) is 18.3. The Bertz CT molecular complexity index is 641. The Morgan fingerprint density at radius 3 is 2.70 bits per heavy atom. The molecule has 0 spiro atoms. The third-order valence-corrected chi connectivity index (χ3v) is 5.42. The molecule has 7 heteroatoms. The molecule has 0 saturated heterocycles. The Kier molecular flexibility index (Phi) is 6.89. The molecule has 4 nitrogen and oxygen atoms in total. The van der Waals surface area contributed by atoms with Crippen molar-refractivity contribution >= 4 is 47.1 Å². The molecule has 2 N–H and O–H groups in total. The van der Waals surface area contributed by atoms with E-state index in [0.717, 1.165) is 33.1 Å². The number of benzene rings is 1. The van der Waals surface area contributed by atoms with Gasteiger partial charge in [0, 0.05) is 21.7 Å². The van der Waals surface area contributed by atoms with Crippen LogP contribution in [0.15, 0.2) is 38.9 Å². The molecule has 3 rings (SSSR count). The third kappa shape index (κ3) is 6.14. The molecule has 1 heterocycles. The van der Waals surface area contributed by atoms with Gasteiger partial charge in [-0.3, -0.25) is 4.79 Å². The summed E-state index contributed by atoms with van der Waals surface area (Å²) in [6.07, 6.45) is 2.60. The van der Waals surface area contributed by atoms with Crippen LogP contribution in [0, 0.1) is 12.8 Å². The molecule has 1 aliphatic rings. The van der Waals surface area contributed by atoms with E-state index >= 15 is 0 Å². The van der Waals surface area contributed by atoms with Crippen molar-refractivity contribution in [2.45, 2.75) is 29.0 Å². The maximum absolute atomic E-state index is 11.8. The minimum Gasteiger partial charge on any atom is -0.325 e. The van der Waals surface area contributed by atoms with Gasteiger partial charge in [0.2, 0.25) is 5.91 Å². The molecule has 124 valence electrons. The molecule has 0 bridgehead atoms. The average molecular weight is 370 g/mol. The number of thiazole rings is 1. The lowest BCUT2D eigenvalue weighted by Crippen LogP contribution is -2.29. The van der Waals surface area contributed by atoms with Gasteiger partial charge in [-0.25, -0.2) is 4.98 Å². The van der Waals surface area contributed by atoms with Crippen molar-refractivity contribution in [1.82, 2.24) is 10.3 Å². The normalized spacial score (nSPS) is 13.4. The summed E-state index contributed by atoms with van der Waals surface area (Å²) >= 11 is 3.29. The van der Waals surface area contributed by atoms with Crippen molar-refractivity contribution in [1.29, 1.82) is 0 Å². The lowest BCUT2D eigenvalue weighted by atomic mass is 10.3. The average Bonchev–Trinajstić information content (AvgIpc) is 3.23. The zero-order chi connectivity index (χ0) is 15.4. The predicted molar refractivity (Wildman–Crippen MR) is 98.9 cm³/mol. The van der Waals surface area contributed by atoms with E-state index in [0.29, 0.717) is 6.54 Å². The molecule has 1 saturated carbocycles. The van der Waals surface area contributed by atoms with E-state index in [9.17, 15) is 4.79 Å². The van der Waals surface area contributed by atoms with Crippen molar-refractivity contribution in [3.05, 3.63) is 35.3 Å². The number of anilines is 1. The lowest BCUT2D eigenvalue weighted by Gasteiger charge is -2.07. The van der Waals surface area contributed by atoms with Crippen molar-refractivity contribution < 1.29 is 4.79 Å². The van der Waals surface area contributed by atoms with E-state index in [2.05, 4.69) is 15.6 Å². The highest BCUT2D eigenvalue weighted by atomic mass is 35.5. The highest BCUT2D eigenvalue weighted by Gasteiger charge is 2.20. The molecule has 1 aliphatic carbocycles. The van der Waals surface area contributed by atoms with Crippen LogP contribution in [0.5, 0.6) is 0 Å². The number of carbonyl (C=O) groups excluding carboxylic acids is 1. The fourth-order valence-electron chi connectivity index (χ4n) is 2.00. The van der Waals surface area contributed by atoms with Crippen LogP contribution in [0.2, 0.25) is 0 Å². The summed E-state index contributed by atoms with van der Waals surface area (Å²) in [6.45, 7) is 3.33. The molecule has 0 atom stereocenters. The minimum atomic E-state index is 0. The van der Waals surface area contributed by atoms with Gasteiger partial charge in [-0.2, -0.15) is 0 Å². The van der Waals surface area contributed by atoms with E-state index in [1.54, 1.807) is 23.1 Å². The molecular formula is C16H20ClN3OS2. The quantitative estimate of drug-likeness (QED) is 0.775. The Morgan fingerprint density at radius 2 is 2.09 bits per heavy atom. The van der Waals surface area contributed by atoms with Gasteiger partial charge >= 0.3 is 0 Å². The van der Waals surface area contributed by atoms with Gasteiger partial charge in [-0.05, 0) is 56.5 Å². The Balaban J connectivity index is 0.00000192. The monoisotopic (exact) mass is 369 g/mol. The first-order valence-corrected chi connectivity index (χ1v) is 9.09. The van der Waals surface area contributed by atoms with Crippen LogP contribution in [0.1, 0.15) is 18.5 Å². The molecule has 1 aromatic heterocycles. The molecule has 0 radical (unpaired) electrons.